The van der Waals surface area contributed by atoms with Crippen molar-refractivity contribution in [2.75, 3.05) is 0 Å². The zero-order valence-corrected chi connectivity index (χ0v) is 18.9. The predicted molar refractivity (Wildman–Crippen MR) is 124 cm³/mol. The van der Waals surface area contributed by atoms with Crippen LogP contribution in [0.1, 0.15) is 82.4 Å². The first-order valence-electron chi connectivity index (χ1n) is 10.9. The average molecular weight is 397 g/mol. The van der Waals surface area contributed by atoms with Crippen LogP contribution in [0.4, 0.5) is 0 Å². The summed E-state index contributed by atoms with van der Waals surface area (Å²) in [6.45, 7) is 8.90. The van der Waals surface area contributed by atoms with Gasteiger partial charge < -0.3 is 5.11 Å². The fourth-order valence-corrected chi connectivity index (χ4v) is 5.41. The summed E-state index contributed by atoms with van der Waals surface area (Å²) in [6.07, 6.45) is 9.56. The molecule has 1 fully saturated rings. The Morgan fingerprint density at radius 1 is 0.929 bits per heavy atom. The number of rotatable bonds is 4. The maximum atomic E-state index is 11.2. The van der Waals surface area contributed by atoms with E-state index in [9.17, 15) is 5.11 Å². The SMILES string of the molecule is Cc1ccccc1-c1cc(C(C)(C)C)cc(CSC2CCCCCCC2)c1O. The van der Waals surface area contributed by atoms with Crippen molar-refractivity contribution in [3.63, 3.8) is 0 Å². The molecule has 0 radical (unpaired) electrons. The molecule has 3 rings (SSSR count). The first-order valence-corrected chi connectivity index (χ1v) is 11.9. The van der Waals surface area contributed by atoms with E-state index in [0.717, 1.165) is 27.7 Å². The summed E-state index contributed by atoms with van der Waals surface area (Å²) in [7, 11) is 0. The largest absolute Gasteiger partial charge is 0.507 e. The highest BCUT2D eigenvalue weighted by Crippen LogP contribution is 2.41. The summed E-state index contributed by atoms with van der Waals surface area (Å²) < 4.78 is 0. The second kappa shape index (κ2) is 9.39. The van der Waals surface area contributed by atoms with Crippen molar-refractivity contribution in [2.24, 2.45) is 0 Å². The van der Waals surface area contributed by atoms with Gasteiger partial charge >= 0.3 is 0 Å². The van der Waals surface area contributed by atoms with Gasteiger partial charge in [0.15, 0.2) is 0 Å². The lowest BCUT2D eigenvalue weighted by molar-refractivity contribution is 0.471. The van der Waals surface area contributed by atoms with Crippen LogP contribution >= 0.6 is 11.8 Å². The molecule has 1 aliphatic carbocycles. The molecule has 152 valence electrons. The quantitative estimate of drug-likeness (QED) is 0.564. The van der Waals surface area contributed by atoms with Gasteiger partial charge in [-0.1, -0.05) is 83.2 Å². The average Bonchev–Trinajstić information content (AvgIpc) is 2.61. The topological polar surface area (TPSA) is 20.2 Å². The maximum absolute atomic E-state index is 11.2. The zero-order chi connectivity index (χ0) is 20.1. The normalized spacial score (nSPS) is 16.6. The van der Waals surface area contributed by atoms with Crippen LogP contribution in [0.15, 0.2) is 36.4 Å². The van der Waals surface area contributed by atoms with Crippen LogP contribution in [0.2, 0.25) is 0 Å². The number of thioether (sulfide) groups is 1. The van der Waals surface area contributed by atoms with Gasteiger partial charge in [0.25, 0.3) is 0 Å². The van der Waals surface area contributed by atoms with Gasteiger partial charge in [-0.05, 0) is 47.9 Å². The van der Waals surface area contributed by atoms with E-state index >= 15 is 0 Å². The Labute approximate surface area is 176 Å². The van der Waals surface area contributed by atoms with E-state index in [2.05, 4.69) is 75.9 Å². The summed E-state index contributed by atoms with van der Waals surface area (Å²) in [4.78, 5) is 0. The van der Waals surface area contributed by atoms with Crippen molar-refractivity contribution in [1.29, 1.82) is 0 Å². The summed E-state index contributed by atoms with van der Waals surface area (Å²) in [5, 5.41) is 11.9. The molecule has 1 N–H and O–H groups in total. The first-order chi connectivity index (χ1) is 13.4. The fraction of sp³-hybridized carbons (Fsp3) is 0.538. The molecule has 0 saturated heterocycles. The van der Waals surface area contributed by atoms with Crippen LogP contribution < -0.4 is 0 Å². The Bertz CT molecular complexity index is 780. The molecule has 28 heavy (non-hydrogen) atoms. The smallest absolute Gasteiger partial charge is 0.127 e. The highest BCUT2D eigenvalue weighted by molar-refractivity contribution is 7.99. The van der Waals surface area contributed by atoms with E-state index in [-0.39, 0.29) is 5.41 Å². The fourth-order valence-electron chi connectivity index (χ4n) is 4.11. The molecule has 0 heterocycles. The maximum Gasteiger partial charge on any atom is 0.127 e. The molecule has 1 saturated carbocycles. The Morgan fingerprint density at radius 3 is 2.21 bits per heavy atom. The first kappa shape index (κ1) is 21.3. The van der Waals surface area contributed by atoms with Gasteiger partial charge in [-0.3, -0.25) is 0 Å². The van der Waals surface area contributed by atoms with Gasteiger partial charge in [-0.25, -0.2) is 0 Å². The monoisotopic (exact) mass is 396 g/mol. The molecule has 2 aromatic carbocycles. The molecule has 0 spiro atoms. The van der Waals surface area contributed by atoms with Gasteiger partial charge in [-0.15, -0.1) is 0 Å². The predicted octanol–water partition coefficient (Wildman–Crippen LogP) is 8.01. The van der Waals surface area contributed by atoms with Gasteiger partial charge in [0.05, 0.1) is 0 Å². The van der Waals surface area contributed by atoms with Gasteiger partial charge in [-0.2, -0.15) is 11.8 Å². The molecule has 0 unspecified atom stereocenters. The Morgan fingerprint density at radius 2 is 1.57 bits per heavy atom. The van der Waals surface area contributed by atoms with E-state index < -0.39 is 0 Å². The van der Waals surface area contributed by atoms with Crippen molar-refractivity contribution in [3.8, 4) is 16.9 Å². The van der Waals surface area contributed by atoms with Crippen LogP contribution in [-0.2, 0) is 11.2 Å². The highest BCUT2D eigenvalue weighted by atomic mass is 32.2. The third kappa shape index (κ3) is 5.35. The van der Waals surface area contributed by atoms with Crippen molar-refractivity contribution >= 4 is 11.8 Å². The third-order valence-electron chi connectivity index (χ3n) is 6.02. The van der Waals surface area contributed by atoms with E-state index in [1.54, 1.807) is 0 Å². The van der Waals surface area contributed by atoms with Crippen LogP contribution in [0, 0.1) is 6.92 Å². The van der Waals surface area contributed by atoms with Crippen LogP contribution in [0.5, 0.6) is 5.75 Å². The molecule has 2 aromatic rings. The van der Waals surface area contributed by atoms with E-state index in [1.165, 1.54) is 56.1 Å². The van der Waals surface area contributed by atoms with Crippen LogP contribution in [0.3, 0.4) is 0 Å². The minimum Gasteiger partial charge on any atom is -0.507 e. The molecule has 0 amide bonds. The molecule has 1 aliphatic rings. The lowest BCUT2D eigenvalue weighted by Gasteiger charge is -2.24. The van der Waals surface area contributed by atoms with Gasteiger partial charge in [0.2, 0.25) is 0 Å². The van der Waals surface area contributed by atoms with Gasteiger partial charge in [0, 0.05) is 22.1 Å². The van der Waals surface area contributed by atoms with Crippen LogP contribution in [-0.4, -0.2) is 10.4 Å². The summed E-state index contributed by atoms with van der Waals surface area (Å²) >= 11 is 2.05. The molecule has 0 bridgehead atoms. The Kier molecular flexibility index (Phi) is 7.15. The lowest BCUT2D eigenvalue weighted by Crippen LogP contribution is -2.12. The number of aryl methyl sites for hydroxylation is 1. The molecule has 0 aromatic heterocycles. The van der Waals surface area contributed by atoms with Crippen molar-refractivity contribution in [1.82, 2.24) is 0 Å². The number of hydrogen-bond donors (Lipinski definition) is 1. The second-order valence-electron chi connectivity index (χ2n) is 9.37. The Balaban J connectivity index is 1.91. The molecule has 0 aliphatic heterocycles. The molecular weight excluding hydrogens is 360 g/mol. The number of benzene rings is 2. The Hall–Kier alpha value is -1.41. The molecule has 0 atom stereocenters. The van der Waals surface area contributed by atoms with Crippen molar-refractivity contribution in [2.45, 2.75) is 89.1 Å². The number of phenols is 1. The zero-order valence-electron chi connectivity index (χ0n) is 18.1. The number of phenolic OH excluding ortho intramolecular Hbond substituents is 1. The highest BCUT2D eigenvalue weighted by Gasteiger charge is 2.21. The van der Waals surface area contributed by atoms with Crippen molar-refractivity contribution in [3.05, 3.63) is 53.1 Å². The molecule has 1 nitrogen and oxygen atoms in total. The van der Waals surface area contributed by atoms with Crippen molar-refractivity contribution < 1.29 is 5.11 Å². The van der Waals surface area contributed by atoms with E-state index in [0.29, 0.717) is 5.75 Å². The second-order valence-corrected chi connectivity index (χ2v) is 10.7. The summed E-state index contributed by atoms with van der Waals surface area (Å²) in [6, 6.07) is 12.8. The van der Waals surface area contributed by atoms with E-state index in [4.69, 9.17) is 0 Å². The number of hydrogen-bond acceptors (Lipinski definition) is 2. The molecular formula is C26H36OS. The van der Waals surface area contributed by atoms with E-state index in [1.807, 2.05) is 0 Å². The summed E-state index contributed by atoms with van der Waals surface area (Å²) in [5.74, 6) is 1.37. The number of aromatic hydroxyl groups is 1. The standard InChI is InChI=1S/C26H36OS/c1-19-12-10-11-15-23(19)24-17-21(26(2,3)4)16-20(25(24)27)18-28-22-13-8-6-5-7-9-14-22/h10-12,15-17,22,27H,5-9,13-14,18H2,1-4H3. The minimum atomic E-state index is 0.0603. The van der Waals surface area contributed by atoms with Gasteiger partial charge in [0.1, 0.15) is 5.75 Å². The van der Waals surface area contributed by atoms with Crippen LogP contribution in [0.25, 0.3) is 11.1 Å². The summed E-state index contributed by atoms with van der Waals surface area (Å²) in [5.41, 5.74) is 5.80. The minimum absolute atomic E-state index is 0.0603. The third-order valence-corrected chi connectivity index (χ3v) is 7.44. The lowest BCUT2D eigenvalue weighted by atomic mass is 9.83. The molecule has 2 heteroatoms.